The number of benzene rings is 2. The van der Waals surface area contributed by atoms with E-state index >= 15 is 0 Å². The van der Waals surface area contributed by atoms with E-state index in [1.54, 1.807) is 0 Å². The van der Waals surface area contributed by atoms with Crippen molar-refractivity contribution in [2.45, 2.75) is 63.0 Å². The first kappa shape index (κ1) is 17.1. The van der Waals surface area contributed by atoms with Crippen molar-refractivity contribution in [1.82, 2.24) is 5.32 Å². The largest absolute Gasteiger partial charge is 0.490 e. The molecule has 2 unspecified atom stereocenters. The summed E-state index contributed by atoms with van der Waals surface area (Å²) in [6, 6.07) is 16.0. The third-order valence-electron chi connectivity index (χ3n) is 6.59. The van der Waals surface area contributed by atoms with Crippen LogP contribution < -0.4 is 15.4 Å². The summed E-state index contributed by atoms with van der Waals surface area (Å²) in [5.74, 6) is 1.65. The number of hydrogen-bond acceptors (Lipinski definition) is 3. The second-order valence-corrected chi connectivity index (χ2v) is 8.33. The highest BCUT2D eigenvalue weighted by atomic mass is 16.5. The van der Waals surface area contributed by atoms with Gasteiger partial charge in [0.2, 0.25) is 0 Å². The third kappa shape index (κ3) is 3.34. The van der Waals surface area contributed by atoms with Gasteiger partial charge in [0.05, 0.1) is 6.10 Å². The second kappa shape index (κ2) is 7.55. The minimum atomic E-state index is 0.379. The Balaban J connectivity index is 1.52. The highest BCUT2D eigenvalue weighted by Crippen LogP contribution is 2.47. The van der Waals surface area contributed by atoms with Crippen molar-refractivity contribution in [2.75, 3.05) is 18.4 Å². The van der Waals surface area contributed by atoms with Gasteiger partial charge in [-0.1, -0.05) is 36.8 Å². The summed E-state index contributed by atoms with van der Waals surface area (Å²) in [5, 5.41) is 7.37. The average molecular weight is 363 g/mol. The molecule has 0 aromatic heterocycles. The second-order valence-electron chi connectivity index (χ2n) is 8.33. The molecule has 3 aliphatic rings. The smallest absolute Gasteiger partial charge is 0.127 e. The van der Waals surface area contributed by atoms with Crippen molar-refractivity contribution in [1.29, 1.82) is 0 Å². The van der Waals surface area contributed by atoms with Crippen LogP contribution in [0.4, 0.5) is 5.69 Å². The molecule has 3 heteroatoms. The lowest BCUT2D eigenvalue weighted by molar-refractivity contribution is 0.155. The predicted octanol–water partition coefficient (Wildman–Crippen LogP) is 5.33. The van der Waals surface area contributed by atoms with E-state index in [2.05, 4.69) is 53.1 Å². The van der Waals surface area contributed by atoms with Crippen molar-refractivity contribution in [3.05, 3.63) is 48.0 Å². The van der Waals surface area contributed by atoms with Gasteiger partial charge in [-0.25, -0.2) is 0 Å². The van der Waals surface area contributed by atoms with Gasteiger partial charge in [-0.05, 0) is 74.9 Å². The zero-order valence-corrected chi connectivity index (χ0v) is 16.0. The van der Waals surface area contributed by atoms with Crippen LogP contribution in [-0.4, -0.2) is 25.2 Å². The van der Waals surface area contributed by atoms with Crippen LogP contribution in [0.3, 0.4) is 0 Å². The zero-order valence-electron chi connectivity index (χ0n) is 16.0. The van der Waals surface area contributed by atoms with E-state index in [0.717, 1.165) is 18.8 Å². The number of para-hydroxylation sites is 1. The van der Waals surface area contributed by atoms with E-state index in [1.165, 1.54) is 67.3 Å². The SMILES string of the molecule is c1ccc(-c2cccc3c2C2CCNCCC2N3)c(OC2CCCCC2)c1. The van der Waals surface area contributed by atoms with E-state index in [-0.39, 0.29) is 0 Å². The Hall–Kier alpha value is -2.00. The summed E-state index contributed by atoms with van der Waals surface area (Å²) in [6.07, 6.45) is 9.12. The molecule has 3 nitrogen and oxygen atoms in total. The van der Waals surface area contributed by atoms with Gasteiger partial charge >= 0.3 is 0 Å². The molecule has 0 radical (unpaired) electrons. The highest BCUT2D eigenvalue weighted by Gasteiger charge is 2.35. The molecule has 1 aliphatic carbocycles. The van der Waals surface area contributed by atoms with Crippen molar-refractivity contribution >= 4 is 5.69 Å². The quantitative estimate of drug-likeness (QED) is 0.774. The molecule has 2 aromatic carbocycles. The molecule has 1 saturated heterocycles. The molecule has 2 aromatic rings. The van der Waals surface area contributed by atoms with Crippen molar-refractivity contribution < 1.29 is 4.74 Å². The van der Waals surface area contributed by atoms with Crippen LogP contribution in [-0.2, 0) is 0 Å². The number of fused-ring (bicyclic) bond motifs is 3. The standard InChI is InChI=1S/C24H30N2O/c1-2-7-17(8-3-1)27-23-12-5-4-9-18(23)19-10-6-11-22-24(19)20-13-15-25-16-14-21(20)26-22/h4-6,9-12,17,20-21,25-26H,1-3,7-8,13-16H2. The van der Waals surface area contributed by atoms with Crippen molar-refractivity contribution in [2.24, 2.45) is 0 Å². The topological polar surface area (TPSA) is 33.3 Å². The Morgan fingerprint density at radius 2 is 1.59 bits per heavy atom. The minimum Gasteiger partial charge on any atom is -0.490 e. The van der Waals surface area contributed by atoms with Crippen molar-refractivity contribution in [3.63, 3.8) is 0 Å². The number of hydrogen-bond donors (Lipinski definition) is 2. The lowest BCUT2D eigenvalue weighted by Crippen LogP contribution is -2.21. The van der Waals surface area contributed by atoms with Gasteiger partial charge in [0.1, 0.15) is 5.75 Å². The molecule has 2 atom stereocenters. The molecule has 2 heterocycles. The normalized spacial score (nSPS) is 25.2. The number of anilines is 1. The molecule has 0 spiro atoms. The molecule has 1 saturated carbocycles. The Morgan fingerprint density at radius 3 is 2.52 bits per heavy atom. The maximum absolute atomic E-state index is 6.53. The van der Waals surface area contributed by atoms with Gasteiger partial charge in [-0.15, -0.1) is 0 Å². The van der Waals surface area contributed by atoms with Gasteiger partial charge in [0, 0.05) is 23.2 Å². The monoisotopic (exact) mass is 362 g/mol. The van der Waals surface area contributed by atoms with Crippen LogP contribution in [0.2, 0.25) is 0 Å². The van der Waals surface area contributed by atoms with Crippen LogP contribution >= 0.6 is 0 Å². The van der Waals surface area contributed by atoms with Gasteiger partial charge < -0.3 is 15.4 Å². The molecule has 2 fully saturated rings. The fourth-order valence-corrected chi connectivity index (χ4v) is 5.24. The lowest BCUT2D eigenvalue weighted by Gasteiger charge is -2.25. The van der Waals surface area contributed by atoms with E-state index in [4.69, 9.17) is 4.74 Å². The molecule has 27 heavy (non-hydrogen) atoms. The molecular weight excluding hydrogens is 332 g/mol. The fourth-order valence-electron chi connectivity index (χ4n) is 5.24. The summed E-state index contributed by atoms with van der Waals surface area (Å²) in [5.41, 5.74) is 5.46. The number of ether oxygens (including phenoxy) is 1. The van der Waals surface area contributed by atoms with E-state index in [1.807, 2.05) is 0 Å². The summed E-state index contributed by atoms with van der Waals surface area (Å²) in [6.45, 7) is 2.22. The summed E-state index contributed by atoms with van der Waals surface area (Å²) < 4.78 is 6.53. The molecule has 0 bridgehead atoms. The summed E-state index contributed by atoms with van der Waals surface area (Å²) in [4.78, 5) is 0. The maximum Gasteiger partial charge on any atom is 0.127 e. The highest BCUT2D eigenvalue weighted by molar-refractivity contribution is 5.81. The van der Waals surface area contributed by atoms with Crippen LogP contribution in [0.25, 0.3) is 11.1 Å². The Labute approximate surface area is 162 Å². The van der Waals surface area contributed by atoms with E-state index in [0.29, 0.717) is 18.1 Å². The average Bonchev–Trinajstić information content (AvgIpc) is 2.91. The van der Waals surface area contributed by atoms with Crippen LogP contribution in [0.5, 0.6) is 5.75 Å². The van der Waals surface area contributed by atoms with Gasteiger partial charge in [0.25, 0.3) is 0 Å². The molecule has 142 valence electrons. The van der Waals surface area contributed by atoms with Crippen LogP contribution in [0, 0.1) is 0 Å². The number of nitrogens with one attached hydrogen (secondary N) is 2. The Bertz CT molecular complexity index is 797. The molecule has 0 amide bonds. The zero-order chi connectivity index (χ0) is 18.1. The van der Waals surface area contributed by atoms with Crippen molar-refractivity contribution in [3.8, 4) is 16.9 Å². The van der Waals surface area contributed by atoms with E-state index in [9.17, 15) is 0 Å². The van der Waals surface area contributed by atoms with Gasteiger partial charge in [0.15, 0.2) is 0 Å². The summed E-state index contributed by atoms with van der Waals surface area (Å²) >= 11 is 0. The molecule has 5 rings (SSSR count). The number of rotatable bonds is 3. The van der Waals surface area contributed by atoms with Gasteiger partial charge in [-0.2, -0.15) is 0 Å². The molecule has 2 aliphatic heterocycles. The van der Waals surface area contributed by atoms with Crippen LogP contribution in [0.1, 0.15) is 56.4 Å². The Morgan fingerprint density at radius 1 is 0.778 bits per heavy atom. The van der Waals surface area contributed by atoms with Crippen LogP contribution in [0.15, 0.2) is 42.5 Å². The predicted molar refractivity (Wildman–Crippen MR) is 112 cm³/mol. The minimum absolute atomic E-state index is 0.379. The molecule has 2 N–H and O–H groups in total. The first-order chi connectivity index (χ1) is 13.4. The Kier molecular flexibility index (Phi) is 4.79. The first-order valence-corrected chi connectivity index (χ1v) is 10.8. The first-order valence-electron chi connectivity index (χ1n) is 10.8. The fraction of sp³-hybridized carbons (Fsp3) is 0.500. The van der Waals surface area contributed by atoms with Gasteiger partial charge in [-0.3, -0.25) is 0 Å². The lowest BCUT2D eigenvalue weighted by atomic mass is 9.85. The van der Waals surface area contributed by atoms with E-state index < -0.39 is 0 Å². The summed E-state index contributed by atoms with van der Waals surface area (Å²) in [7, 11) is 0. The molecular formula is C24H30N2O. The maximum atomic E-state index is 6.53. The third-order valence-corrected chi connectivity index (χ3v) is 6.59.